The third kappa shape index (κ3) is 3.95. The van der Waals surface area contributed by atoms with Crippen molar-refractivity contribution in [3.05, 3.63) is 23.5 Å². The smallest absolute Gasteiger partial charge is 0.0445 e. The van der Waals surface area contributed by atoms with Crippen molar-refractivity contribution < 1.29 is 0 Å². The molecule has 3 nitrogen and oxygen atoms in total. The first kappa shape index (κ1) is 15.3. The zero-order valence-corrected chi connectivity index (χ0v) is 13.4. The van der Waals surface area contributed by atoms with Gasteiger partial charge >= 0.3 is 0 Å². The van der Waals surface area contributed by atoms with Crippen molar-refractivity contribution in [2.45, 2.75) is 59.5 Å². The zero-order valence-electron chi connectivity index (χ0n) is 13.4. The summed E-state index contributed by atoms with van der Waals surface area (Å²) in [5.74, 6) is 0.898. The van der Waals surface area contributed by atoms with E-state index in [1.54, 1.807) is 0 Å². The van der Waals surface area contributed by atoms with Gasteiger partial charge in [-0.2, -0.15) is 0 Å². The quantitative estimate of drug-likeness (QED) is 0.825. The minimum atomic E-state index is 0.505. The third-order valence-electron chi connectivity index (χ3n) is 4.23. The van der Waals surface area contributed by atoms with Crippen LogP contribution in [0.25, 0.3) is 0 Å². The Hall–Kier alpha value is -1.09. The summed E-state index contributed by atoms with van der Waals surface area (Å²) in [6, 6.07) is 2.75. The van der Waals surface area contributed by atoms with Gasteiger partial charge in [0.1, 0.15) is 0 Å². The lowest BCUT2D eigenvalue weighted by atomic mass is 9.85. The molecule has 2 rings (SSSR count). The van der Waals surface area contributed by atoms with E-state index in [0.29, 0.717) is 6.04 Å². The van der Waals surface area contributed by atoms with Crippen LogP contribution in [0.1, 0.15) is 51.3 Å². The summed E-state index contributed by atoms with van der Waals surface area (Å²) in [4.78, 5) is 7.02. The van der Waals surface area contributed by atoms with Gasteiger partial charge in [-0.1, -0.05) is 20.3 Å². The van der Waals surface area contributed by atoms with Crippen LogP contribution in [0.5, 0.6) is 0 Å². The van der Waals surface area contributed by atoms with E-state index in [-0.39, 0.29) is 0 Å². The maximum Gasteiger partial charge on any atom is 0.0445 e. The van der Waals surface area contributed by atoms with Crippen LogP contribution in [-0.4, -0.2) is 24.1 Å². The second-order valence-electron chi connectivity index (χ2n) is 6.33. The van der Waals surface area contributed by atoms with Crippen LogP contribution in [0, 0.1) is 12.8 Å². The molecule has 1 aliphatic carbocycles. The molecular weight excluding hydrogens is 246 g/mol. The van der Waals surface area contributed by atoms with Crippen molar-refractivity contribution in [1.82, 2.24) is 10.3 Å². The molecule has 0 bridgehead atoms. The summed E-state index contributed by atoms with van der Waals surface area (Å²) >= 11 is 0. The van der Waals surface area contributed by atoms with Gasteiger partial charge in [0.15, 0.2) is 0 Å². The molecule has 1 N–H and O–H groups in total. The Morgan fingerprint density at radius 1 is 1.40 bits per heavy atom. The second kappa shape index (κ2) is 7.07. The summed E-state index contributed by atoms with van der Waals surface area (Å²) in [5.41, 5.74) is 3.81. The Balaban J connectivity index is 2.14. The molecule has 0 saturated heterocycles. The fourth-order valence-electron chi connectivity index (χ4n) is 2.70. The predicted molar refractivity (Wildman–Crippen MR) is 86.2 cm³/mol. The minimum Gasteiger partial charge on any atom is -0.371 e. The fourth-order valence-corrected chi connectivity index (χ4v) is 2.70. The van der Waals surface area contributed by atoms with Crippen LogP contribution in [-0.2, 0) is 6.54 Å². The van der Waals surface area contributed by atoms with Gasteiger partial charge < -0.3 is 10.2 Å². The first-order valence-corrected chi connectivity index (χ1v) is 8.04. The van der Waals surface area contributed by atoms with Crippen molar-refractivity contribution >= 4 is 5.69 Å². The normalized spacial score (nSPS) is 15.4. The minimum absolute atomic E-state index is 0.505. The monoisotopic (exact) mass is 275 g/mol. The van der Waals surface area contributed by atoms with Gasteiger partial charge in [-0.25, -0.2) is 0 Å². The molecule has 1 aliphatic rings. The molecule has 20 heavy (non-hydrogen) atoms. The van der Waals surface area contributed by atoms with Gasteiger partial charge in [-0.05, 0) is 38.7 Å². The van der Waals surface area contributed by atoms with Crippen molar-refractivity contribution in [1.29, 1.82) is 0 Å². The zero-order chi connectivity index (χ0) is 14.5. The van der Waals surface area contributed by atoms with E-state index in [1.807, 2.05) is 6.20 Å². The highest BCUT2D eigenvalue weighted by atomic mass is 15.1. The molecule has 0 atom stereocenters. The van der Waals surface area contributed by atoms with E-state index in [9.17, 15) is 0 Å². The topological polar surface area (TPSA) is 28.2 Å². The maximum absolute atomic E-state index is 4.48. The van der Waals surface area contributed by atoms with E-state index >= 15 is 0 Å². The van der Waals surface area contributed by atoms with Gasteiger partial charge in [-0.3, -0.25) is 4.98 Å². The summed E-state index contributed by atoms with van der Waals surface area (Å²) < 4.78 is 0. The first-order chi connectivity index (χ1) is 9.60. The molecule has 0 unspecified atom stereocenters. The van der Waals surface area contributed by atoms with Gasteiger partial charge in [0.05, 0.1) is 0 Å². The van der Waals surface area contributed by atoms with E-state index in [1.165, 1.54) is 37.1 Å². The van der Waals surface area contributed by atoms with E-state index < -0.39 is 0 Å². The lowest BCUT2D eigenvalue weighted by molar-refractivity contribution is 0.318. The van der Waals surface area contributed by atoms with Gasteiger partial charge in [0.25, 0.3) is 0 Å². The van der Waals surface area contributed by atoms with Gasteiger partial charge in [0, 0.05) is 48.8 Å². The number of nitrogens with zero attached hydrogens (tertiary/aromatic N) is 2. The van der Waals surface area contributed by atoms with E-state index in [2.05, 4.69) is 49.0 Å². The second-order valence-corrected chi connectivity index (χ2v) is 6.33. The number of aryl methyl sites for hydroxylation is 1. The van der Waals surface area contributed by atoms with Crippen LogP contribution in [0.15, 0.2) is 12.3 Å². The summed E-state index contributed by atoms with van der Waals surface area (Å²) in [7, 11) is 0. The van der Waals surface area contributed by atoms with Crippen LogP contribution in [0.3, 0.4) is 0 Å². The average molecular weight is 275 g/mol. The molecule has 0 spiro atoms. The number of pyridine rings is 1. The average Bonchev–Trinajstić information content (AvgIpc) is 2.36. The van der Waals surface area contributed by atoms with Crippen LogP contribution in [0.4, 0.5) is 5.69 Å². The standard InChI is InChI=1S/C17H29N3/c1-5-20(12-15-7-6-8-15)17-9-14(4)19-11-16(17)10-18-13(2)3/h9,11,13,15,18H,5-8,10,12H2,1-4H3. The highest BCUT2D eigenvalue weighted by Gasteiger charge is 2.21. The number of aromatic nitrogens is 1. The maximum atomic E-state index is 4.48. The summed E-state index contributed by atoms with van der Waals surface area (Å²) in [5, 5.41) is 3.52. The number of hydrogen-bond acceptors (Lipinski definition) is 3. The van der Waals surface area contributed by atoms with Crippen LogP contribution >= 0.6 is 0 Å². The molecule has 0 amide bonds. The number of nitrogens with one attached hydrogen (secondary N) is 1. The molecule has 0 aromatic carbocycles. The molecule has 0 aliphatic heterocycles. The lowest BCUT2D eigenvalue weighted by Gasteiger charge is -2.34. The highest BCUT2D eigenvalue weighted by molar-refractivity contribution is 5.53. The van der Waals surface area contributed by atoms with Gasteiger partial charge in [0.2, 0.25) is 0 Å². The Morgan fingerprint density at radius 3 is 2.70 bits per heavy atom. The van der Waals surface area contributed by atoms with Crippen molar-refractivity contribution in [2.24, 2.45) is 5.92 Å². The molecule has 112 valence electrons. The summed E-state index contributed by atoms with van der Waals surface area (Å²) in [6.45, 7) is 11.9. The van der Waals surface area contributed by atoms with Crippen molar-refractivity contribution in [3.63, 3.8) is 0 Å². The Bertz CT molecular complexity index is 424. The van der Waals surface area contributed by atoms with Crippen LogP contribution < -0.4 is 10.2 Å². The SMILES string of the molecule is CCN(CC1CCC1)c1cc(C)ncc1CNC(C)C. The third-order valence-corrected chi connectivity index (χ3v) is 4.23. The van der Waals surface area contributed by atoms with Gasteiger partial charge in [-0.15, -0.1) is 0 Å². The predicted octanol–water partition coefficient (Wildman–Crippen LogP) is 3.51. The van der Waals surface area contributed by atoms with Crippen molar-refractivity contribution in [3.8, 4) is 0 Å². The highest BCUT2D eigenvalue weighted by Crippen LogP contribution is 2.30. The largest absolute Gasteiger partial charge is 0.371 e. The molecule has 1 aromatic rings. The Kier molecular flexibility index (Phi) is 5.41. The van der Waals surface area contributed by atoms with E-state index in [0.717, 1.165) is 24.7 Å². The van der Waals surface area contributed by atoms with Crippen molar-refractivity contribution in [2.75, 3.05) is 18.0 Å². The molecule has 1 fully saturated rings. The fraction of sp³-hybridized carbons (Fsp3) is 0.706. The molecule has 1 aromatic heterocycles. The molecular formula is C17H29N3. The lowest BCUT2D eigenvalue weighted by Crippen LogP contribution is -2.34. The summed E-state index contributed by atoms with van der Waals surface area (Å²) in [6.07, 6.45) is 6.27. The molecule has 0 radical (unpaired) electrons. The molecule has 3 heteroatoms. The number of hydrogen-bond donors (Lipinski definition) is 1. The van der Waals surface area contributed by atoms with Crippen LogP contribution in [0.2, 0.25) is 0 Å². The van der Waals surface area contributed by atoms with E-state index in [4.69, 9.17) is 0 Å². The molecule has 1 saturated carbocycles. The first-order valence-electron chi connectivity index (χ1n) is 8.04. The molecule has 1 heterocycles. The number of rotatable bonds is 7. The number of anilines is 1. The Labute approximate surface area is 123 Å². The Morgan fingerprint density at radius 2 is 2.15 bits per heavy atom.